The summed E-state index contributed by atoms with van der Waals surface area (Å²) in [7, 11) is 0. The van der Waals surface area contributed by atoms with Crippen LogP contribution in [0.1, 0.15) is 43.3 Å². The van der Waals surface area contributed by atoms with Gasteiger partial charge in [0.2, 0.25) is 5.91 Å². The minimum Gasteiger partial charge on any atom is -0.352 e. The smallest absolute Gasteiger partial charge is 0.244 e. The molecule has 1 amide bonds. The van der Waals surface area contributed by atoms with Crippen molar-refractivity contribution in [1.82, 2.24) is 14.9 Å². The van der Waals surface area contributed by atoms with Crippen LogP contribution in [0.4, 0.5) is 0 Å². The van der Waals surface area contributed by atoms with Gasteiger partial charge in [-0.2, -0.15) is 0 Å². The highest BCUT2D eigenvalue weighted by molar-refractivity contribution is 5.91. The summed E-state index contributed by atoms with van der Waals surface area (Å²) in [6, 6.07) is 26.9. The summed E-state index contributed by atoms with van der Waals surface area (Å²) >= 11 is 0. The minimum absolute atomic E-state index is 0.0979. The lowest BCUT2D eigenvalue weighted by atomic mass is 9.87. The van der Waals surface area contributed by atoms with Gasteiger partial charge in [0.25, 0.3) is 0 Å². The molecule has 0 atom stereocenters. The van der Waals surface area contributed by atoms with Crippen molar-refractivity contribution in [1.29, 1.82) is 0 Å². The van der Waals surface area contributed by atoms with Gasteiger partial charge in [0.05, 0.1) is 11.0 Å². The molecule has 0 fully saturated rings. The Bertz CT molecular complexity index is 1250. The van der Waals surface area contributed by atoms with E-state index in [-0.39, 0.29) is 11.3 Å². The van der Waals surface area contributed by atoms with Crippen LogP contribution in [0.5, 0.6) is 0 Å². The second-order valence-electron chi connectivity index (χ2n) is 9.33. The quantitative estimate of drug-likeness (QED) is 0.374. The summed E-state index contributed by atoms with van der Waals surface area (Å²) in [6.45, 7) is 7.97. The molecule has 4 nitrogen and oxygen atoms in total. The second-order valence-corrected chi connectivity index (χ2v) is 9.33. The monoisotopic (exact) mass is 437 g/mol. The molecule has 4 aromatic rings. The number of hydrogen-bond donors (Lipinski definition) is 1. The number of aromatic nitrogens is 2. The number of hydrogen-bond acceptors (Lipinski definition) is 2. The number of carbonyl (C=O) groups excluding carboxylic acids is 1. The van der Waals surface area contributed by atoms with Gasteiger partial charge in [0, 0.05) is 25.6 Å². The van der Waals surface area contributed by atoms with Gasteiger partial charge in [-0.25, -0.2) is 4.98 Å². The van der Waals surface area contributed by atoms with Crippen LogP contribution in [-0.4, -0.2) is 22.0 Å². The maximum absolute atomic E-state index is 12.2. The number of fused-ring (bicyclic) bond motifs is 1. The molecule has 0 bridgehead atoms. The van der Waals surface area contributed by atoms with E-state index in [1.165, 1.54) is 11.1 Å². The van der Waals surface area contributed by atoms with Gasteiger partial charge in [-0.3, -0.25) is 4.79 Å². The summed E-state index contributed by atoms with van der Waals surface area (Å²) in [6.07, 6.45) is 4.07. The van der Waals surface area contributed by atoms with Gasteiger partial charge >= 0.3 is 0 Å². The minimum atomic E-state index is -0.0979. The second kappa shape index (κ2) is 9.86. The van der Waals surface area contributed by atoms with Gasteiger partial charge in [-0.15, -0.1) is 0 Å². The standard InChI is InChI=1S/C29H31N3O/c1-29(2,3)24-16-13-23(14-17-24)21-32-26-12-8-7-11-25(26)31-27(32)19-20-30-28(33)18-15-22-9-5-4-6-10-22/h4-18H,19-21H2,1-3H3,(H,30,33)/b18-15+. The summed E-state index contributed by atoms with van der Waals surface area (Å²) < 4.78 is 2.26. The molecule has 33 heavy (non-hydrogen) atoms. The van der Waals surface area contributed by atoms with E-state index in [1.807, 2.05) is 54.6 Å². The molecule has 0 spiro atoms. The average Bonchev–Trinajstić information content (AvgIpc) is 3.15. The summed E-state index contributed by atoms with van der Waals surface area (Å²) in [5.41, 5.74) is 5.80. The highest BCUT2D eigenvalue weighted by atomic mass is 16.1. The van der Waals surface area contributed by atoms with Gasteiger partial charge in [0.15, 0.2) is 0 Å². The Kier molecular flexibility index (Phi) is 6.74. The maximum atomic E-state index is 12.2. The highest BCUT2D eigenvalue weighted by Crippen LogP contribution is 2.23. The number of para-hydroxylation sites is 2. The largest absolute Gasteiger partial charge is 0.352 e. The molecule has 0 aliphatic heterocycles. The molecule has 1 N–H and O–H groups in total. The molecule has 1 heterocycles. The molecule has 4 rings (SSSR count). The Hall–Kier alpha value is -3.66. The summed E-state index contributed by atoms with van der Waals surface area (Å²) in [5.74, 6) is 0.878. The van der Waals surface area contributed by atoms with E-state index >= 15 is 0 Å². The molecule has 4 heteroatoms. The van der Waals surface area contributed by atoms with E-state index in [1.54, 1.807) is 6.08 Å². The normalized spacial score (nSPS) is 11.8. The molecule has 0 aliphatic carbocycles. The van der Waals surface area contributed by atoms with E-state index in [2.05, 4.69) is 61.0 Å². The van der Waals surface area contributed by atoms with Crippen LogP contribution in [0.2, 0.25) is 0 Å². The predicted octanol–water partition coefficient (Wildman–Crippen LogP) is 5.75. The van der Waals surface area contributed by atoms with Crippen molar-refractivity contribution >= 4 is 23.0 Å². The van der Waals surface area contributed by atoms with Gasteiger partial charge in [-0.05, 0) is 40.3 Å². The maximum Gasteiger partial charge on any atom is 0.244 e. The number of benzene rings is 3. The fourth-order valence-corrected chi connectivity index (χ4v) is 3.88. The van der Waals surface area contributed by atoms with Gasteiger partial charge in [-0.1, -0.05) is 87.5 Å². The van der Waals surface area contributed by atoms with Crippen LogP contribution >= 0.6 is 0 Å². The number of nitrogens with zero attached hydrogens (tertiary/aromatic N) is 2. The highest BCUT2D eigenvalue weighted by Gasteiger charge is 2.14. The van der Waals surface area contributed by atoms with E-state index in [0.29, 0.717) is 13.0 Å². The topological polar surface area (TPSA) is 46.9 Å². The lowest BCUT2D eigenvalue weighted by Crippen LogP contribution is -2.24. The lowest BCUT2D eigenvalue weighted by Gasteiger charge is -2.19. The average molecular weight is 438 g/mol. The van der Waals surface area contributed by atoms with Crippen molar-refractivity contribution in [3.05, 3.63) is 107 Å². The zero-order valence-corrected chi connectivity index (χ0v) is 19.6. The number of rotatable bonds is 7. The van der Waals surface area contributed by atoms with Crippen molar-refractivity contribution in [3.8, 4) is 0 Å². The molecule has 0 saturated carbocycles. The Morgan fingerprint density at radius 1 is 0.939 bits per heavy atom. The molecule has 0 saturated heterocycles. The van der Waals surface area contributed by atoms with Crippen LogP contribution in [0.25, 0.3) is 17.1 Å². The first-order chi connectivity index (χ1) is 15.9. The van der Waals surface area contributed by atoms with Crippen LogP contribution in [0.15, 0.2) is 84.9 Å². The molecule has 0 unspecified atom stereocenters. The third-order valence-electron chi connectivity index (χ3n) is 5.77. The Morgan fingerprint density at radius 3 is 2.36 bits per heavy atom. The first kappa shape index (κ1) is 22.5. The van der Waals surface area contributed by atoms with Crippen LogP contribution in [0, 0.1) is 0 Å². The molecule has 1 aromatic heterocycles. The van der Waals surface area contributed by atoms with E-state index in [4.69, 9.17) is 4.98 Å². The lowest BCUT2D eigenvalue weighted by molar-refractivity contribution is -0.116. The van der Waals surface area contributed by atoms with E-state index in [0.717, 1.165) is 29.0 Å². The van der Waals surface area contributed by atoms with Gasteiger partial charge < -0.3 is 9.88 Å². The van der Waals surface area contributed by atoms with Crippen molar-refractivity contribution in [2.45, 2.75) is 39.2 Å². The van der Waals surface area contributed by atoms with Crippen LogP contribution < -0.4 is 5.32 Å². The van der Waals surface area contributed by atoms with Gasteiger partial charge in [0.1, 0.15) is 5.82 Å². The number of imidazole rings is 1. The zero-order valence-electron chi connectivity index (χ0n) is 19.6. The zero-order chi connectivity index (χ0) is 23.3. The third-order valence-corrected chi connectivity index (χ3v) is 5.77. The SMILES string of the molecule is CC(C)(C)c1ccc(Cn2c(CCNC(=O)/C=C/c3ccccc3)nc3ccccc32)cc1. The summed E-state index contributed by atoms with van der Waals surface area (Å²) in [4.78, 5) is 17.1. The fourth-order valence-electron chi connectivity index (χ4n) is 3.88. The Balaban J connectivity index is 1.46. The Labute approximate surface area is 196 Å². The van der Waals surface area contributed by atoms with E-state index in [9.17, 15) is 4.79 Å². The van der Waals surface area contributed by atoms with Crippen molar-refractivity contribution < 1.29 is 4.79 Å². The predicted molar refractivity (Wildman–Crippen MR) is 136 cm³/mol. The summed E-state index contributed by atoms with van der Waals surface area (Å²) in [5, 5.41) is 2.98. The fraction of sp³-hybridized carbons (Fsp3) is 0.241. The van der Waals surface area contributed by atoms with E-state index < -0.39 is 0 Å². The van der Waals surface area contributed by atoms with Crippen molar-refractivity contribution in [2.24, 2.45) is 0 Å². The first-order valence-corrected chi connectivity index (χ1v) is 11.4. The van der Waals surface area contributed by atoms with Crippen molar-refractivity contribution in [3.63, 3.8) is 0 Å². The molecule has 168 valence electrons. The van der Waals surface area contributed by atoms with Crippen LogP contribution in [-0.2, 0) is 23.2 Å². The Morgan fingerprint density at radius 2 is 1.64 bits per heavy atom. The molecule has 3 aromatic carbocycles. The molecule has 0 radical (unpaired) electrons. The third kappa shape index (κ3) is 5.78. The molecular weight excluding hydrogens is 406 g/mol. The number of carbonyl (C=O) groups is 1. The first-order valence-electron chi connectivity index (χ1n) is 11.4. The number of nitrogens with one attached hydrogen (secondary N) is 1. The number of amides is 1. The van der Waals surface area contributed by atoms with Crippen molar-refractivity contribution in [2.75, 3.05) is 6.54 Å². The molecular formula is C29H31N3O. The van der Waals surface area contributed by atoms with Crippen LogP contribution in [0.3, 0.4) is 0 Å². The molecule has 0 aliphatic rings.